The Morgan fingerprint density at radius 2 is 1.08 bits per heavy atom. The average Bonchev–Trinajstić information content (AvgIpc) is 1.59. The van der Waals surface area contributed by atoms with Gasteiger partial charge < -0.3 is 12.2 Å². The van der Waals surface area contributed by atoms with E-state index in [1.807, 2.05) is 0 Å². The van der Waals surface area contributed by atoms with Crippen LogP contribution >= 0.6 is 0 Å². The smallest absolute Gasteiger partial charge is 0.505 e. The third kappa shape index (κ3) is 71.9. The molecule has 0 radical (unpaired) electrons. The fourth-order valence-corrected chi connectivity index (χ4v) is 0. The molecular formula is C9H22Si2Zn. The molecule has 0 aromatic rings. The molecule has 0 amide bonds. The molecule has 0 aliphatic carbocycles. The first kappa shape index (κ1) is 18.6. The largest absolute Gasteiger partial charge is 2.00 e. The number of hydrogen-bond donors (Lipinski definition) is 0. The van der Waals surface area contributed by atoms with Crippen LogP contribution in [0, 0.1) is 12.2 Å². The number of hydrogen-bond acceptors (Lipinski definition) is 0. The van der Waals surface area contributed by atoms with Gasteiger partial charge in [-0.1, -0.05) is 39.3 Å². The molecule has 0 aliphatic rings. The Hall–Kier alpha value is 0.797. The zero-order chi connectivity index (χ0) is 9.71. The normalized spacial score (nSPS) is 10.6. The SMILES string of the molecule is C=[C-][Si](C)(C)C.[CH2-][Si](C)(C)C.[Zn+2]. The van der Waals surface area contributed by atoms with Crippen molar-refractivity contribution in [1.29, 1.82) is 0 Å². The van der Waals surface area contributed by atoms with Crippen molar-refractivity contribution in [2.75, 3.05) is 0 Å². The van der Waals surface area contributed by atoms with Crippen molar-refractivity contribution in [2.45, 2.75) is 39.3 Å². The third-order valence-electron chi connectivity index (χ3n) is 0.530. The van der Waals surface area contributed by atoms with Gasteiger partial charge in [0.2, 0.25) is 0 Å². The van der Waals surface area contributed by atoms with Crippen LogP contribution < -0.4 is 0 Å². The third-order valence-corrected chi connectivity index (χ3v) is 1.59. The molecule has 0 nitrogen and oxygen atoms in total. The molecule has 0 aromatic heterocycles. The molecule has 0 aromatic carbocycles. The topological polar surface area (TPSA) is 0 Å². The fourth-order valence-electron chi connectivity index (χ4n) is 0. The van der Waals surface area contributed by atoms with Crippen molar-refractivity contribution in [3.63, 3.8) is 0 Å². The maximum atomic E-state index is 3.91. The molecule has 0 rings (SSSR count). The van der Waals surface area contributed by atoms with Gasteiger partial charge in [0.1, 0.15) is 0 Å². The standard InChI is InChI=1S/C5H11Si.C4H11Si.Zn/c1-5-6(2,3)4;1-5(2,3)4;/h1H2,2-4H3;1H2,2-4H3;/q2*-1;+2. The van der Waals surface area contributed by atoms with E-state index in [-0.39, 0.29) is 19.5 Å². The molecule has 0 saturated carbocycles. The van der Waals surface area contributed by atoms with Gasteiger partial charge in [-0.3, -0.25) is 6.58 Å². The van der Waals surface area contributed by atoms with Gasteiger partial charge in [0, 0.05) is 0 Å². The summed E-state index contributed by atoms with van der Waals surface area (Å²) in [6.07, 6.45) is 0. The second kappa shape index (κ2) is 7.22. The van der Waals surface area contributed by atoms with Crippen LogP contribution in [0.15, 0.2) is 6.58 Å². The minimum absolute atomic E-state index is 0. The van der Waals surface area contributed by atoms with Crippen LogP contribution in [-0.4, -0.2) is 16.1 Å². The zero-order valence-electron chi connectivity index (χ0n) is 9.62. The second-order valence-corrected chi connectivity index (χ2v) is 15.0. The quantitative estimate of drug-likeness (QED) is 0.494. The van der Waals surface area contributed by atoms with Gasteiger partial charge in [0.05, 0.1) is 0 Å². The Labute approximate surface area is 93.6 Å². The zero-order valence-corrected chi connectivity index (χ0v) is 14.6. The van der Waals surface area contributed by atoms with Crippen molar-refractivity contribution in [2.24, 2.45) is 0 Å². The molecule has 3 heteroatoms. The molecule has 0 bridgehead atoms. The molecule has 0 unspecified atom stereocenters. The first-order chi connectivity index (χ1) is 4.56. The molecule has 68 valence electrons. The summed E-state index contributed by atoms with van der Waals surface area (Å²) in [6.45, 7) is 20.7. The van der Waals surface area contributed by atoms with E-state index in [0.29, 0.717) is 0 Å². The van der Waals surface area contributed by atoms with E-state index in [0.717, 1.165) is 0 Å². The van der Waals surface area contributed by atoms with Crippen LogP contribution in [0.4, 0.5) is 0 Å². The van der Waals surface area contributed by atoms with Crippen LogP contribution in [0.25, 0.3) is 0 Å². The average molecular weight is 252 g/mol. The van der Waals surface area contributed by atoms with E-state index >= 15 is 0 Å². The van der Waals surface area contributed by atoms with Gasteiger partial charge in [-0.15, -0.1) is 16.1 Å². The van der Waals surface area contributed by atoms with E-state index in [1.165, 1.54) is 0 Å². The first-order valence-electron chi connectivity index (χ1n) is 3.96. The maximum absolute atomic E-state index is 3.91. The van der Waals surface area contributed by atoms with Gasteiger partial charge in [-0.2, -0.15) is 0 Å². The van der Waals surface area contributed by atoms with E-state index in [1.54, 1.807) is 0 Å². The predicted molar refractivity (Wildman–Crippen MR) is 60.9 cm³/mol. The summed E-state index contributed by atoms with van der Waals surface area (Å²) in [5.41, 5.74) is 2.99. The minimum Gasteiger partial charge on any atom is -0.505 e. The van der Waals surface area contributed by atoms with Gasteiger partial charge >= 0.3 is 19.5 Å². The maximum Gasteiger partial charge on any atom is 2.00 e. The van der Waals surface area contributed by atoms with Gasteiger partial charge in [-0.05, 0) is 0 Å². The van der Waals surface area contributed by atoms with Crippen molar-refractivity contribution in [3.05, 3.63) is 18.8 Å². The van der Waals surface area contributed by atoms with E-state index in [9.17, 15) is 0 Å². The van der Waals surface area contributed by atoms with Gasteiger partial charge in [0.15, 0.2) is 0 Å². The van der Waals surface area contributed by atoms with Crippen LogP contribution in [0.1, 0.15) is 0 Å². The molecule has 0 fully saturated rings. The first-order valence-corrected chi connectivity index (χ1v) is 11.2. The van der Waals surface area contributed by atoms with E-state index in [4.69, 9.17) is 0 Å². The minimum atomic E-state index is -0.992. The van der Waals surface area contributed by atoms with Crippen LogP contribution in [0.5, 0.6) is 0 Å². The van der Waals surface area contributed by atoms with Crippen molar-refractivity contribution < 1.29 is 19.5 Å². The van der Waals surface area contributed by atoms with Crippen LogP contribution in [0.2, 0.25) is 39.3 Å². The molecule has 0 heterocycles. The summed E-state index contributed by atoms with van der Waals surface area (Å²) in [5.74, 6) is 0. The second-order valence-electron chi connectivity index (χ2n) is 4.99. The molecule has 0 spiro atoms. The molecule has 0 N–H and O–H groups in total. The summed E-state index contributed by atoms with van der Waals surface area (Å²) >= 11 is 0. The molecule has 0 saturated heterocycles. The summed E-state index contributed by atoms with van der Waals surface area (Å²) in [6, 6.07) is 0. The predicted octanol–water partition coefficient (Wildman–Crippen LogP) is 3.55. The van der Waals surface area contributed by atoms with E-state index in [2.05, 4.69) is 58.1 Å². The molecule has 0 aliphatic heterocycles. The Morgan fingerprint density at radius 1 is 1.00 bits per heavy atom. The van der Waals surface area contributed by atoms with Crippen molar-refractivity contribution >= 4 is 16.1 Å². The molecule has 12 heavy (non-hydrogen) atoms. The Kier molecular flexibility index (Phi) is 11.2. The Morgan fingerprint density at radius 3 is 1.08 bits per heavy atom. The van der Waals surface area contributed by atoms with Gasteiger partial charge in [0.25, 0.3) is 0 Å². The summed E-state index contributed by atoms with van der Waals surface area (Å²) < 4.78 is 0. The Balaban J connectivity index is -0.000000126. The summed E-state index contributed by atoms with van der Waals surface area (Å²) in [4.78, 5) is 0. The fraction of sp³-hybridized carbons (Fsp3) is 0.667. The van der Waals surface area contributed by atoms with Crippen LogP contribution in [-0.2, 0) is 19.5 Å². The number of rotatable bonds is 1. The Bertz CT molecular complexity index is 103. The van der Waals surface area contributed by atoms with Crippen molar-refractivity contribution in [3.8, 4) is 0 Å². The summed E-state index contributed by atoms with van der Waals surface area (Å²) in [5, 5.41) is 0. The van der Waals surface area contributed by atoms with Crippen LogP contribution in [0.3, 0.4) is 0 Å². The molecule has 0 atom stereocenters. The molecular weight excluding hydrogens is 230 g/mol. The van der Waals surface area contributed by atoms with Crippen molar-refractivity contribution in [1.82, 2.24) is 0 Å². The van der Waals surface area contributed by atoms with Gasteiger partial charge in [-0.25, -0.2) is 0 Å². The summed E-state index contributed by atoms with van der Waals surface area (Å²) in [7, 11) is -1.85. The van der Waals surface area contributed by atoms with E-state index < -0.39 is 16.1 Å². The monoisotopic (exact) mass is 250 g/mol.